The van der Waals surface area contributed by atoms with Crippen LogP contribution in [0.5, 0.6) is 0 Å². The Morgan fingerprint density at radius 2 is 1.47 bits per heavy atom. The number of likely N-dealkylation sites (N-methyl/N-ethyl adjacent to an activating group) is 1. The van der Waals surface area contributed by atoms with E-state index in [-0.39, 0.29) is 23.8 Å². The van der Waals surface area contributed by atoms with Crippen molar-refractivity contribution >= 4 is 48.9 Å². The number of aliphatic hydroxyl groups excluding tert-OH is 2. The standard InChI is InChI=1S/C46H48F6N4O7S3/c1-55(27-28-57)24-23-35(30-64-37-7-3-2-4-8-37)53-41-20-19-38(29-42(41)65(60,61)46(50,51)52)66(62,63)54-44(59)33-13-17-36(18-14-33)56-25-21-32(22-26-56)43(58)40-10-6-5-9-39(40)31-11-15-34(16-12-31)45(47,48)49/h2-20,29,32,35,43,53,57-58H,21-28,30H2,1H3,(H,54,59)/t35-,43-/m1/s1. The molecule has 1 heterocycles. The van der Waals surface area contributed by atoms with E-state index < -0.39 is 70.6 Å². The maximum Gasteiger partial charge on any atom is 0.501 e. The minimum Gasteiger partial charge on any atom is -0.395 e. The first-order valence-corrected chi connectivity index (χ1v) is 24.7. The number of aliphatic hydroxyl groups is 2. The van der Waals surface area contributed by atoms with E-state index in [1.165, 1.54) is 36.0 Å². The summed E-state index contributed by atoms with van der Waals surface area (Å²) in [4.78, 5) is 15.7. The molecule has 0 saturated carbocycles. The van der Waals surface area contributed by atoms with Crippen molar-refractivity contribution in [2.75, 3.05) is 55.8 Å². The number of nitrogens with zero attached hydrogens (tertiary/aromatic N) is 2. The van der Waals surface area contributed by atoms with E-state index in [4.69, 9.17) is 0 Å². The third-order valence-electron chi connectivity index (χ3n) is 11.3. The number of carbonyl (C=O) groups is 1. The van der Waals surface area contributed by atoms with Crippen LogP contribution in [0.1, 0.15) is 46.9 Å². The molecule has 0 aromatic heterocycles. The summed E-state index contributed by atoms with van der Waals surface area (Å²) in [5.41, 5.74) is -4.76. The normalized spacial score (nSPS) is 15.1. The van der Waals surface area contributed by atoms with E-state index in [1.54, 1.807) is 48.3 Å². The number of hydrogen-bond acceptors (Lipinski definition) is 11. The van der Waals surface area contributed by atoms with Crippen molar-refractivity contribution in [2.45, 2.75) is 57.8 Å². The fourth-order valence-electron chi connectivity index (χ4n) is 7.57. The van der Waals surface area contributed by atoms with Crippen molar-refractivity contribution < 1.29 is 58.2 Å². The monoisotopic (exact) mass is 978 g/mol. The number of thioether (sulfide) groups is 1. The minimum atomic E-state index is -6.12. The van der Waals surface area contributed by atoms with Crippen molar-refractivity contribution in [1.29, 1.82) is 0 Å². The highest BCUT2D eigenvalue weighted by molar-refractivity contribution is 7.99. The highest BCUT2D eigenvalue weighted by atomic mass is 32.2. The molecule has 1 fully saturated rings. The number of anilines is 2. The molecule has 4 N–H and O–H groups in total. The van der Waals surface area contributed by atoms with Gasteiger partial charge in [-0.05, 0) is 122 Å². The predicted octanol–water partition coefficient (Wildman–Crippen LogP) is 8.62. The number of piperidine rings is 1. The molecule has 0 unspecified atom stereocenters. The van der Waals surface area contributed by atoms with E-state index in [0.717, 1.165) is 29.2 Å². The van der Waals surface area contributed by atoms with Gasteiger partial charge in [0.15, 0.2) is 0 Å². The Morgan fingerprint density at radius 1 is 0.833 bits per heavy atom. The van der Waals surface area contributed by atoms with E-state index in [0.29, 0.717) is 73.9 Å². The molecule has 2 atom stereocenters. The fourth-order valence-corrected chi connectivity index (χ4v) is 10.6. The number of carbonyl (C=O) groups excluding carboxylic acids is 1. The summed E-state index contributed by atoms with van der Waals surface area (Å²) in [5.74, 6) is -1.03. The molecule has 5 aromatic carbocycles. The maximum atomic E-state index is 14.1. The fraction of sp³-hybridized carbons (Fsp3) is 0.326. The first-order valence-electron chi connectivity index (χ1n) is 20.7. The highest BCUT2D eigenvalue weighted by Gasteiger charge is 2.48. The Labute approximate surface area is 383 Å². The summed E-state index contributed by atoms with van der Waals surface area (Å²) in [6, 6.07) is 28.3. The van der Waals surface area contributed by atoms with Crippen LogP contribution in [-0.2, 0) is 26.0 Å². The number of alkyl halides is 6. The number of nitrogens with one attached hydrogen (secondary N) is 2. The van der Waals surface area contributed by atoms with Gasteiger partial charge < -0.3 is 25.3 Å². The number of hydrogen-bond donors (Lipinski definition) is 4. The molecule has 11 nitrogen and oxygen atoms in total. The zero-order chi connectivity index (χ0) is 47.9. The lowest BCUT2D eigenvalue weighted by Crippen LogP contribution is -2.36. The zero-order valence-electron chi connectivity index (χ0n) is 35.5. The molecule has 1 amide bonds. The molecule has 0 radical (unpaired) electrons. The third-order valence-corrected chi connectivity index (χ3v) is 15.3. The second kappa shape index (κ2) is 21.2. The van der Waals surface area contributed by atoms with Gasteiger partial charge in [0.25, 0.3) is 25.8 Å². The first kappa shape index (κ1) is 50.3. The molecular weight excluding hydrogens is 931 g/mol. The molecule has 1 aliphatic heterocycles. The molecule has 354 valence electrons. The van der Waals surface area contributed by atoms with Crippen molar-refractivity contribution in [3.8, 4) is 11.1 Å². The highest BCUT2D eigenvalue weighted by Crippen LogP contribution is 2.39. The van der Waals surface area contributed by atoms with Crippen LogP contribution in [0.4, 0.5) is 37.7 Å². The molecule has 0 spiro atoms. The first-order chi connectivity index (χ1) is 31.2. The molecule has 0 bridgehead atoms. The Hall–Kier alpha value is -5.12. The van der Waals surface area contributed by atoms with Crippen LogP contribution < -0.4 is 14.9 Å². The molecule has 1 aliphatic rings. The number of benzene rings is 5. The lowest BCUT2D eigenvalue weighted by Gasteiger charge is -2.36. The minimum absolute atomic E-state index is 0.112. The maximum absolute atomic E-state index is 14.1. The van der Waals surface area contributed by atoms with Gasteiger partial charge in [-0.15, -0.1) is 11.8 Å². The molecule has 6 rings (SSSR count). The van der Waals surface area contributed by atoms with Crippen LogP contribution in [0.15, 0.2) is 136 Å². The SMILES string of the molecule is CN(CCO)CC[C@H](CSc1ccccc1)Nc1ccc(S(=O)(=O)NC(=O)c2ccc(N3CCC([C@@H](O)c4ccccc4-c4ccc(C(F)(F)F)cc4)CC3)cc2)cc1S(=O)(=O)C(F)(F)F. The second-order valence-electron chi connectivity index (χ2n) is 15.8. The predicted molar refractivity (Wildman–Crippen MR) is 241 cm³/mol. The number of amides is 1. The summed E-state index contributed by atoms with van der Waals surface area (Å²) in [5, 5.41) is 23.7. The van der Waals surface area contributed by atoms with Crippen molar-refractivity contribution in [3.05, 3.63) is 138 Å². The van der Waals surface area contributed by atoms with Crippen molar-refractivity contribution in [1.82, 2.24) is 9.62 Å². The van der Waals surface area contributed by atoms with Crippen LogP contribution in [0.3, 0.4) is 0 Å². The summed E-state index contributed by atoms with van der Waals surface area (Å²) in [6.07, 6.45) is -4.00. The molecular formula is C46H48F6N4O7S3. The number of halogens is 6. The van der Waals surface area contributed by atoms with Gasteiger partial charge in [0.2, 0.25) is 0 Å². The van der Waals surface area contributed by atoms with Crippen molar-refractivity contribution in [3.63, 3.8) is 0 Å². The molecule has 1 saturated heterocycles. The topological polar surface area (TPSA) is 156 Å². The summed E-state index contributed by atoms with van der Waals surface area (Å²) in [6.45, 7) is 1.55. The third kappa shape index (κ3) is 12.4. The average Bonchev–Trinajstić information content (AvgIpc) is 3.29. The van der Waals surface area contributed by atoms with Gasteiger partial charge >= 0.3 is 11.7 Å². The smallest absolute Gasteiger partial charge is 0.395 e. The van der Waals surface area contributed by atoms with Gasteiger partial charge in [-0.3, -0.25) is 4.79 Å². The van der Waals surface area contributed by atoms with Crippen LogP contribution in [0, 0.1) is 5.92 Å². The lowest BCUT2D eigenvalue weighted by molar-refractivity contribution is -0.137. The number of sulfone groups is 1. The van der Waals surface area contributed by atoms with Crippen LogP contribution in [-0.4, -0.2) is 95.0 Å². The number of sulfonamides is 1. The van der Waals surface area contributed by atoms with Gasteiger partial charge in [-0.2, -0.15) is 26.3 Å². The van der Waals surface area contributed by atoms with E-state index >= 15 is 0 Å². The van der Waals surface area contributed by atoms with Gasteiger partial charge in [-0.25, -0.2) is 21.6 Å². The zero-order valence-corrected chi connectivity index (χ0v) is 37.9. The second-order valence-corrected chi connectivity index (χ2v) is 20.5. The van der Waals surface area contributed by atoms with Crippen molar-refractivity contribution in [2.24, 2.45) is 5.92 Å². The van der Waals surface area contributed by atoms with E-state index in [1.807, 2.05) is 40.0 Å². The van der Waals surface area contributed by atoms with Gasteiger partial charge in [0.05, 0.1) is 28.9 Å². The van der Waals surface area contributed by atoms with Crippen LogP contribution in [0.2, 0.25) is 0 Å². The Balaban J connectivity index is 1.13. The Kier molecular flexibility index (Phi) is 16.2. The van der Waals surface area contributed by atoms with Gasteiger partial charge in [0.1, 0.15) is 4.90 Å². The lowest BCUT2D eigenvalue weighted by atomic mass is 9.84. The Bertz CT molecular complexity index is 2650. The summed E-state index contributed by atoms with van der Waals surface area (Å²) >= 11 is 1.37. The Morgan fingerprint density at radius 3 is 2.09 bits per heavy atom. The summed E-state index contributed by atoms with van der Waals surface area (Å²) < 4.78 is 137. The molecule has 20 heteroatoms. The largest absolute Gasteiger partial charge is 0.501 e. The average molecular weight is 979 g/mol. The molecule has 0 aliphatic carbocycles. The molecule has 5 aromatic rings. The quantitative estimate of drug-likeness (QED) is 0.0493. The van der Waals surface area contributed by atoms with Gasteiger partial charge in [-0.1, -0.05) is 54.6 Å². The van der Waals surface area contributed by atoms with Crippen LogP contribution in [0.25, 0.3) is 11.1 Å². The van der Waals surface area contributed by atoms with Gasteiger partial charge in [0, 0.05) is 47.6 Å². The van der Waals surface area contributed by atoms with E-state index in [9.17, 15) is 58.2 Å². The van der Waals surface area contributed by atoms with Crippen LogP contribution >= 0.6 is 11.8 Å². The number of rotatable bonds is 18. The molecule has 66 heavy (non-hydrogen) atoms. The summed E-state index contributed by atoms with van der Waals surface area (Å²) in [7, 11) is -9.31. The van der Waals surface area contributed by atoms with E-state index in [2.05, 4.69) is 5.32 Å².